The van der Waals surface area contributed by atoms with Crippen LogP contribution in [-0.4, -0.2) is 24.6 Å². The molecule has 0 saturated heterocycles. The summed E-state index contributed by atoms with van der Waals surface area (Å²) in [5, 5.41) is 4.94. The molecule has 15 heavy (non-hydrogen) atoms. The number of pyridine rings is 1. The van der Waals surface area contributed by atoms with E-state index in [9.17, 15) is 4.79 Å². The Balaban J connectivity index is 2.67. The first-order valence-electron chi connectivity index (χ1n) is 4.13. The zero-order valence-electron chi connectivity index (χ0n) is 7.31. The Hall–Kier alpha value is -1.95. The SMILES string of the molecule is O=c1[nH]c2ncc(Cl)cc2c2ncnn12. The Bertz CT molecular complexity index is 716. The second-order valence-electron chi connectivity index (χ2n) is 2.98. The molecule has 0 saturated carbocycles. The van der Waals surface area contributed by atoms with Gasteiger partial charge in [-0.25, -0.2) is 14.8 Å². The lowest BCUT2D eigenvalue weighted by atomic mass is 10.3. The zero-order valence-corrected chi connectivity index (χ0v) is 8.06. The Morgan fingerprint density at radius 2 is 2.27 bits per heavy atom. The molecule has 0 aliphatic heterocycles. The van der Waals surface area contributed by atoms with Crippen molar-refractivity contribution < 1.29 is 0 Å². The standard InChI is InChI=1S/C8H4ClN5O/c9-4-1-5-6(10-2-4)13-8(15)14-7(5)11-3-12-14/h1-3H,(H,10,13,15). The minimum absolute atomic E-state index is 0.371. The van der Waals surface area contributed by atoms with Crippen molar-refractivity contribution in [1.82, 2.24) is 24.6 Å². The molecule has 0 spiro atoms. The van der Waals surface area contributed by atoms with E-state index in [4.69, 9.17) is 11.6 Å². The van der Waals surface area contributed by atoms with Gasteiger partial charge in [0, 0.05) is 6.20 Å². The number of aromatic amines is 1. The number of nitrogens with zero attached hydrogens (tertiary/aromatic N) is 4. The van der Waals surface area contributed by atoms with Gasteiger partial charge in [-0.3, -0.25) is 4.98 Å². The molecule has 0 amide bonds. The maximum atomic E-state index is 11.5. The average Bonchev–Trinajstić information content (AvgIpc) is 2.69. The monoisotopic (exact) mass is 221 g/mol. The minimum atomic E-state index is -0.371. The Morgan fingerprint density at radius 1 is 1.40 bits per heavy atom. The lowest BCUT2D eigenvalue weighted by Crippen LogP contribution is -2.17. The van der Waals surface area contributed by atoms with Crippen molar-refractivity contribution in [2.24, 2.45) is 0 Å². The van der Waals surface area contributed by atoms with Crippen LogP contribution < -0.4 is 5.69 Å². The normalized spacial score (nSPS) is 11.3. The minimum Gasteiger partial charge on any atom is -0.290 e. The van der Waals surface area contributed by atoms with Gasteiger partial charge in [-0.05, 0) is 6.07 Å². The summed E-state index contributed by atoms with van der Waals surface area (Å²) in [6.07, 6.45) is 2.78. The third kappa shape index (κ3) is 1.11. The molecule has 0 atom stereocenters. The van der Waals surface area contributed by atoms with Crippen LogP contribution in [0.5, 0.6) is 0 Å². The highest BCUT2D eigenvalue weighted by atomic mass is 35.5. The number of rotatable bonds is 0. The summed E-state index contributed by atoms with van der Waals surface area (Å²) < 4.78 is 1.17. The molecule has 0 aliphatic carbocycles. The maximum absolute atomic E-state index is 11.5. The Labute approximate surface area is 87.5 Å². The molecule has 74 valence electrons. The number of hydrogen-bond acceptors (Lipinski definition) is 4. The molecular weight excluding hydrogens is 218 g/mol. The number of H-pyrrole nitrogens is 1. The number of halogens is 1. The highest BCUT2D eigenvalue weighted by Crippen LogP contribution is 2.16. The molecule has 0 aliphatic rings. The van der Waals surface area contributed by atoms with Gasteiger partial charge in [0.1, 0.15) is 12.0 Å². The summed E-state index contributed by atoms with van der Waals surface area (Å²) in [7, 11) is 0. The Kier molecular flexibility index (Phi) is 1.54. The summed E-state index contributed by atoms with van der Waals surface area (Å²) in [5.41, 5.74) is 0.526. The third-order valence-electron chi connectivity index (χ3n) is 2.06. The zero-order chi connectivity index (χ0) is 10.4. The number of fused-ring (bicyclic) bond motifs is 3. The van der Waals surface area contributed by atoms with Gasteiger partial charge in [-0.1, -0.05) is 11.6 Å². The van der Waals surface area contributed by atoms with Crippen LogP contribution in [0, 0.1) is 0 Å². The lowest BCUT2D eigenvalue weighted by molar-refractivity contribution is 0.878. The largest absolute Gasteiger partial charge is 0.349 e. The van der Waals surface area contributed by atoms with Crippen LogP contribution in [0.3, 0.4) is 0 Å². The summed E-state index contributed by atoms with van der Waals surface area (Å²) in [6.45, 7) is 0. The van der Waals surface area contributed by atoms with Crippen molar-refractivity contribution in [2.75, 3.05) is 0 Å². The van der Waals surface area contributed by atoms with Crippen LogP contribution in [0.2, 0.25) is 5.02 Å². The van der Waals surface area contributed by atoms with E-state index in [-0.39, 0.29) is 5.69 Å². The highest BCUT2D eigenvalue weighted by Gasteiger charge is 2.07. The summed E-state index contributed by atoms with van der Waals surface area (Å²) in [5.74, 6) is 0. The van der Waals surface area contributed by atoms with Gasteiger partial charge < -0.3 is 0 Å². The van der Waals surface area contributed by atoms with Crippen LogP contribution in [0.25, 0.3) is 16.7 Å². The fraction of sp³-hybridized carbons (Fsp3) is 0. The maximum Gasteiger partial charge on any atom is 0.349 e. The van der Waals surface area contributed by atoms with Crippen molar-refractivity contribution in [3.63, 3.8) is 0 Å². The van der Waals surface area contributed by atoms with Crippen LogP contribution >= 0.6 is 11.6 Å². The van der Waals surface area contributed by atoms with E-state index >= 15 is 0 Å². The van der Waals surface area contributed by atoms with Crippen molar-refractivity contribution in [2.45, 2.75) is 0 Å². The van der Waals surface area contributed by atoms with Gasteiger partial charge in [-0.15, -0.1) is 0 Å². The van der Waals surface area contributed by atoms with Gasteiger partial charge in [0.2, 0.25) is 0 Å². The van der Waals surface area contributed by atoms with Gasteiger partial charge >= 0.3 is 5.69 Å². The summed E-state index contributed by atoms with van der Waals surface area (Å²) >= 11 is 5.81. The predicted octanol–water partition coefficient (Wildman–Crippen LogP) is 0.619. The van der Waals surface area contributed by atoms with Gasteiger partial charge in [0.05, 0.1) is 10.4 Å². The Morgan fingerprint density at radius 3 is 3.13 bits per heavy atom. The van der Waals surface area contributed by atoms with E-state index in [1.165, 1.54) is 17.0 Å². The van der Waals surface area contributed by atoms with E-state index in [0.29, 0.717) is 21.7 Å². The van der Waals surface area contributed by atoms with E-state index in [0.717, 1.165) is 0 Å². The topological polar surface area (TPSA) is 75.9 Å². The molecule has 1 N–H and O–H groups in total. The van der Waals surface area contributed by atoms with Crippen molar-refractivity contribution in [3.8, 4) is 0 Å². The molecule has 3 rings (SSSR count). The summed E-state index contributed by atoms with van der Waals surface area (Å²) in [6, 6.07) is 1.68. The molecule has 0 aromatic carbocycles. The van der Waals surface area contributed by atoms with Crippen LogP contribution in [0.15, 0.2) is 23.4 Å². The number of nitrogens with one attached hydrogen (secondary N) is 1. The molecule has 3 heterocycles. The van der Waals surface area contributed by atoms with E-state index in [1.807, 2.05) is 0 Å². The quantitative estimate of drug-likeness (QED) is 0.604. The van der Waals surface area contributed by atoms with Crippen molar-refractivity contribution >= 4 is 28.3 Å². The first kappa shape index (κ1) is 8.37. The molecule has 3 aromatic heterocycles. The van der Waals surface area contributed by atoms with E-state index < -0.39 is 0 Å². The third-order valence-corrected chi connectivity index (χ3v) is 2.27. The fourth-order valence-corrected chi connectivity index (χ4v) is 1.60. The number of aromatic nitrogens is 5. The first-order chi connectivity index (χ1) is 7.25. The molecule has 7 heteroatoms. The second kappa shape index (κ2) is 2.77. The molecule has 0 fully saturated rings. The van der Waals surface area contributed by atoms with Crippen LogP contribution in [0.4, 0.5) is 0 Å². The molecule has 0 unspecified atom stereocenters. The van der Waals surface area contributed by atoms with Gasteiger partial charge in [0.15, 0.2) is 5.65 Å². The van der Waals surface area contributed by atoms with Crippen molar-refractivity contribution in [1.29, 1.82) is 0 Å². The smallest absolute Gasteiger partial charge is 0.290 e. The predicted molar refractivity (Wildman–Crippen MR) is 53.9 cm³/mol. The van der Waals surface area contributed by atoms with Crippen LogP contribution in [0.1, 0.15) is 0 Å². The molecule has 0 bridgehead atoms. The highest BCUT2D eigenvalue weighted by molar-refractivity contribution is 6.31. The molecule has 6 nitrogen and oxygen atoms in total. The first-order valence-corrected chi connectivity index (χ1v) is 4.51. The number of hydrogen-bond donors (Lipinski definition) is 1. The van der Waals surface area contributed by atoms with E-state index in [2.05, 4.69) is 20.1 Å². The van der Waals surface area contributed by atoms with Gasteiger partial charge in [0.25, 0.3) is 0 Å². The fourth-order valence-electron chi connectivity index (χ4n) is 1.44. The lowest BCUT2D eigenvalue weighted by Gasteiger charge is -1.98. The van der Waals surface area contributed by atoms with Gasteiger partial charge in [-0.2, -0.15) is 9.61 Å². The molecule has 0 radical (unpaired) electrons. The van der Waals surface area contributed by atoms with E-state index in [1.54, 1.807) is 6.07 Å². The molecular formula is C8H4ClN5O. The summed E-state index contributed by atoms with van der Waals surface area (Å²) in [4.78, 5) is 22.0. The van der Waals surface area contributed by atoms with Crippen LogP contribution in [-0.2, 0) is 0 Å². The van der Waals surface area contributed by atoms with Crippen molar-refractivity contribution in [3.05, 3.63) is 34.1 Å². The second-order valence-corrected chi connectivity index (χ2v) is 3.41. The molecule has 3 aromatic rings. The average molecular weight is 222 g/mol.